The van der Waals surface area contributed by atoms with Crippen LogP contribution < -0.4 is 10.6 Å². The number of carbonyl (C=O) groups is 1. The van der Waals surface area contributed by atoms with E-state index >= 15 is 0 Å². The predicted octanol–water partition coefficient (Wildman–Crippen LogP) is 4.15. The van der Waals surface area contributed by atoms with Crippen LogP contribution in [-0.2, 0) is 6.54 Å². The molecule has 0 aliphatic carbocycles. The fraction of sp³-hybridized carbons (Fsp3) is 0.280. The van der Waals surface area contributed by atoms with Gasteiger partial charge in [0.05, 0.1) is 0 Å². The number of halogens is 1. The van der Waals surface area contributed by atoms with E-state index in [1.54, 1.807) is 17.0 Å². The van der Waals surface area contributed by atoms with Gasteiger partial charge in [0, 0.05) is 25.7 Å². The standard InChI is InChI=1S/C25H28FN5O/c1-17-7-6-8-20(15-17)23-28-24-22(31(23)16-19-9-11-21(26)12-10-19)25(32)30(14-5-4-13-27)18(2)29(24)3/h6-12,15H,2,4-5,13-14,16,27H2,1,3H3. The van der Waals surface area contributed by atoms with Gasteiger partial charge in [-0.05, 0) is 50.1 Å². The van der Waals surface area contributed by atoms with E-state index < -0.39 is 0 Å². The maximum absolute atomic E-state index is 13.6. The molecule has 7 heteroatoms. The molecule has 32 heavy (non-hydrogen) atoms. The van der Waals surface area contributed by atoms with Crippen LogP contribution in [0.5, 0.6) is 0 Å². The van der Waals surface area contributed by atoms with Crippen LogP contribution in [0.15, 0.2) is 60.9 Å². The highest BCUT2D eigenvalue weighted by Crippen LogP contribution is 2.35. The minimum atomic E-state index is -0.293. The molecule has 1 amide bonds. The molecular formula is C25H28FN5O. The van der Waals surface area contributed by atoms with E-state index in [1.165, 1.54) is 12.1 Å². The van der Waals surface area contributed by atoms with E-state index in [0.717, 1.165) is 29.5 Å². The van der Waals surface area contributed by atoms with Gasteiger partial charge in [-0.15, -0.1) is 0 Å². The van der Waals surface area contributed by atoms with Gasteiger partial charge in [0.25, 0.3) is 5.91 Å². The van der Waals surface area contributed by atoms with Crippen molar-refractivity contribution in [1.29, 1.82) is 0 Å². The lowest BCUT2D eigenvalue weighted by atomic mass is 10.1. The first-order valence-corrected chi connectivity index (χ1v) is 10.8. The van der Waals surface area contributed by atoms with Crippen molar-refractivity contribution < 1.29 is 9.18 Å². The van der Waals surface area contributed by atoms with E-state index in [9.17, 15) is 9.18 Å². The summed E-state index contributed by atoms with van der Waals surface area (Å²) in [4.78, 5) is 22.1. The molecule has 4 rings (SSSR count). The molecule has 6 nitrogen and oxygen atoms in total. The SMILES string of the molecule is C=C1N(CCCCN)C(=O)c2c(nc(-c3cccc(C)c3)n2Cc2ccc(F)cc2)N1C. The Morgan fingerprint density at radius 1 is 1.12 bits per heavy atom. The van der Waals surface area contributed by atoms with Crippen molar-refractivity contribution in [1.82, 2.24) is 14.5 Å². The number of hydrogen-bond acceptors (Lipinski definition) is 4. The van der Waals surface area contributed by atoms with Crippen molar-refractivity contribution in [2.75, 3.05) is 25.0 Å². The number of hydrogen-bond donors (Lipinski definition) is 1. The van der Waals surface area contributed by atoms with Crippen molar-refractivity contribution in [2.24, 2.45) is 5.73 Å². The molecule has 2 heterocycles. The molecule has 1 aliphatic rings. The van der Waals surface area contributed by atoms with Gasteiger partial charge in [0.2, 0.25) is 0 Å². The van der Waals surface area contributed by atoms with Gasteiger partial charge in [-0.2, -0.15) is 0 Å². The van der Waals surface area contributed by atoms with Crippen molar-refractivity contribution in [2.45, 2.75) is 26.3 Å². The van der Waals surface area contributed by atoms with E-state index in [1.807, 2.05) is 47.7 Å². The summed E-state index contributed by atoms with van der Waals surface area (Å²) in [5.41, 5.74) is 9.05. The molecular weight excluding hydrogens is 405 g/mol. The highest BCUT2D eigenvalue weighted by molar-refractivity contribution is 6.02. The summed E-state index contributed by atoms with van der Waals surface area (Å²) in [5.74, 6) is 1.45. The average Bonchev–Trinajstić information content (AvgIpc) is 3.16. The second kappa shape index (κ2) is 8.96. The summed E-state index contributed by atoms with van der Waals surface area (Å²) in [5, 5.41) is 0. The molecule has 0 fully saturated rings. The summed E-state index contributed by atoms with van der Waals surface area (Å²) < 4.78 is 15.4. The Kier molecular flexibility index (Phi) is 6.10. The summed E-state index contributed by atoms with van der Waals surface area (Å²) >= 11 is 0. The molecule has 0 unspecified atom stereocenters. The topological polar surface area (TPSA) is 67.4 Å². The number of anilines is 1. The lowest BCUT2D eigenvalue weighted by Crippen LogP contribution is -2.44. The normalized spacial score (nSPS) is 13.6. The monoisotopic (exact) mass is 433 g/mol. The smallest absolute Gasteiger partial charge is 0.279 e. The maximum Gasteiger partial charge on any atom is 0.279 e. The Morgan fingerprint density at radius 3 is 2.56 bits per heavy atom. The maximum atomic E-state index is 13.6. The molecule has 2 N–H and O–H groups in total. The van der Waals surface area contributed by atoms with Gasteiger partial charge < -0.3 is 15.2 Å². The van der Waals surface area contributed by atoms with E-state index in [0.29, 0.717) is 42.8 Å². The van der Waals surface area contributed by atoms with Crippen LogP contribution in [0.25, 0.3) is 11.4 Å². The van der Waals surface area contributed by atoms with Gasteiger partial charge in [-0.1, -0.05) is 42.5 Å². The summed E-state index contributed by atoms with van der Waals surface area (Å²) in [6.45, 7) is 7.67. The second-order valence-corrected chi connectivity index (χ2v) is 8.12. The fourth-order valence-corrected chi connectivity index (χ4v) is 4.01. The third-order valence-corrected chi connectivity index (χ3v) is 5.78. The lowest BCUT2D eigenvalue weighted by Gasteiger charge is -2.35. The summed E-state index contributed by atoms with van der Waals surface area (Å²) in [7, 11) is 1.87. The minimum Gasteiger partial charge on any atom is -0.330 e. The first-order valence-electron chi connectivity index (χ1n) is 10.8. The van der Waals surface area contributed by atoms with Crippen LogP contribution in [0.3, 0.4) is 0 Å². The van der Waals surface area contributed by atoms with E-state index in [2.05, 4.69) is 6.58 Å². The van der Waals surface area contributed by atoms with Gasteiger partial charge in [-0.3, -0.25) is 9.69 Å². The van der Waals surface area contributed by atoms with E-state index in [4.69, 9.17) is 10.7 Å². The van der Waals surface area contributed by atoms with Crippen LogP contribution in [0.1, 0.15) is 34.5 Å². The second-order valence-electron chi connectivity index (χ2n) is 8.12. The van der Waals surface area contributed by atoms with Crippen LogP contribution in [0, 0.1) is 12.7 Å². The molecule has 0 saturated carbocycles. The van der Waals surface area contributed by atoms with Gasteiger partial charge in [0.15, 0.2) is 11.5 Å². The lowest BCUT2D eigenvalue weighted by molar-refractivity contribution is 0.0781. The zero-order valence-corrected chi connectivity index (χ0v) is 18.5. The Labute approximate surface area is 187 Å². The number of nitrogens with two attached hydrogens (primary N) is 1. The quantitative estimate of drug-likeness (QED) is 0.569. The molecule has 0 bridgehead atoms. The van der Waals surface area contributed by atoms with Crippen molar-refractivity contribution in [3.05, 3.63) is 83.6 Å². The number of benzene rings is 2. The largest absolute Gasteiger partial charge is 0.330 e. The number of aryl methyl sites for hydroxylation is 1. The van der Waals surface area contributed by atoms with Crippen LogP contribution in [0.4, 0.5) is 10.2 Å². The number of fused-ring (bicyclic) bond motifs is 1. The summed E-state index contributed by atoms with van der Waals surface area (Å²) in [6, 6.07) is 14.4. The first kappa shape index (κ1) is 21.8. The van der Waals surface area contributed by atoms with E-state index in [-0.39, 0.29) is 11.7 Å². The highest BCUT2D eigenvalue weighted by Gasteiger charge is 2.36. The predicted molar refractivity (Wildman–Crippen MR) is 125 cm³/mol. The number of nitrogens with zero attached hydrogens (tertiary/aromatic N) is 4. The summed E-state index contributed by atoms with van der Waals surface area (Å²) in [6.07, 6.45) is 1.62. The number of carbonyl (C=O) groups excluding carboxylic acids is 1. The number of unbranched alkanes of at least 4 members (excludes halogenated alkanes) is 1. The van der Waals surface area contributed by atoms with Gasteiger partial charge in [-0.25, -0.2) is 9.37 Å². The number of aromatic nitrogens is 2. The molecule has 0 spiro atoms. The van der Waals surface area contributed by atoms with Crippen LogP contribution in [0.2, 0.25) is 0 Å². The Hall–Kier alpha value is -3.45. The fourth-order valence-electron chi connectivity index (χ4n) is 4.01. The average molecular weight is 434 g/mol. The molecule has 1 aromatic heterocycles. The third-order valence-electron chi connectivity index (χ3n) is 5.78. The van der Waals surface area contributed by atoms with Crippen LogP contribution in [-0.4, -0.2) is 40.5 Å². The molecule has 0 atom stereocenters. The number of imidazole rings is 1. The van der Waals surface area contributed by atoms with Crippen LogP contribution >= 0.6 is 0 Å². The molecule has 3 aromatic rings. The zero-order valence-electron chi connectivity index (χ0n) is 18.5. The molecule has 1 aliphatic heterocycles. The third kappa shape index (κ3) is 4.03. The van der Waals surface area contributed by atoms with Crippen molar-refractivity contribution >= 4 is 11.7 Å². The van der Waals surface area contributed by atoms with Crippen molar-refractivity contribution in [3.63, 3.8) is 0 Å². The highest BCUT2D eigenvalue weighted by atomic mass is 19.1. The Bertz CT molecular complexity index is 1150. The molecule has 166 valence electrons. The number of rotatable bonds is 7. The first-order chi connectivity index (χ1) is 15.4. The molecule has 0 radical (unpaired) electrons. The number of amides is 1. The van der Waals surface area contributed by atoms with Gasteiger partial charge >= 0.3 is 0 Å². The Balaban J connectivity index is 1.84. The minimum absolute atomic E-state index is 0.131. The molecule has 0 saturated heterocycles. The zero-order chi connectivity index (χ0) is 22.8. The Morgan fingerprint density at radius 2 is 1.88 bits per heavy atom. The van der Waals surface area contributed by atoms with Gasteiger partial charge in [0.1, 0.15) is 17.5 Å². The molecule has 2 aromatic carbocycles. The van der Waals surface area contributed by atoms with Crippen molar-refractivity contribution in [3.8, 4) is 11.4 Å².